The first-order valence-corrected chi connectivity index (χ1v) is 9.78. The lowest BCUT2D eigenvalue weighted by Crippen LogP contribution is -2.22. The molecule has 0 aliphatic heterocycles. The molecule has 0 amide bonds. The zero-order valence-electron chi connectivity index (χ0n) is 14.9. The van der Waals surface area contributed by atoms with E-state index in [1.165, 1.54) is 33.2 Å². The zero-order chi connectivity index (χ0) is 18.3. The minimum absolute atomic E-state index is 0.0604. The van der Waals surface area contributed by atoms with Crippen molar-refractivity contribution in [3.63, 3.8) is 0 Å². The molecular formula is C19H20N2O2S2. The number of benzene rings is 1. The number of thioether (sulfide) groups is 1. The summed E-state index contributed by atoms with van der Waals surface area (Å²) >= 11 is 2.72. The van der Waals surface area contributed by atoms with Crippen LogP contribution in [-0.2, 0) is 7.05 Å². The summed E-state index contributed by atoms with van der Waals surface area (Å²) < 4.78 is 2.18. The topological polar surface area (TPSA) is 52.0 Å². The average molecular weight is 373 g/mol. The Morgan fingerprint density at radius 3 is 2.60 bits per heavy atom. The zero-order valence-corrected chi connectivity index (χ0v) is 16.5. The maximum atomic E-state index is 12.9. The van der Waals surface area contributed by atoms with Crippen molar-refractivity contribution in [1.82, 2.24) is 9.55 Å². The SMILES string of the molecule is Cc1cc(C)c(C(=O)C(C)Sc2nc3ccsc3c(=O)n2C)cc1C. The molecule has 3 aromatic rings. The van der Waals surface area contributed by atoms with E-state index in [-0.39, 0.29) is 16.6 Å². The number of aryl methyl sites for hydroxylation is 3. The van der Waals surface area contributed by atoms with Gasteiger partial charge >= 0.3 is 0 Å². The molecule has 4 nitrogen and oxygen atoms in total. The second kappa shape index (κ2) is 6.77. The molecule has 2 aromatic heterocycles. The number of hydrogen-bond acceptors (Lipinski definition) is 5. The van der Waals surface area contributed by atoms with Gasteiger partial charge in [-0.05, 0) is 61.9 Å². The van der Waals surface area contributed by atoms with E-state index in [0.29, 0.717) is 15.4 Å². The second-order valence-corrected chi connectivity index (χ2v) is 8.49. The van der Waals surface area contributed by atoms with Crippen LogP contribution in [0.1, 0.15) is 34.0 Å². The van der Waals surface area contributed by atoms with Crippen LogP contribution in [0.4, 0.5) is 0 Å². The number of Topliss-reactive ketones (excluding diaryl/α,β-unsaturated/α-hetero) is 1. The van der Waals surface area contributed by atoms with Gasteiger partial charge in [-0.25, -0.2) is 4.98 Å². The molecule has 0 spiro atoms. The third kappa shape index (κ3) is 3.28. The highest BCUT2D eigenvalue weighted by Gasteiger charge is 2.21. The average Bonchev–Trinajstić information content (AvgIpc) is 3.03. The van der Waals surface area contributed by atoms with E-state index in [9.17, 15) is 9.59 Å². The Balaban J connectivity index is 1.93. The summed E-state index contributed by atoms with van der Waals surface area (Å²) in [6, 6.07) is 5.84. The fourth-order valence-corrected chi connectivity index (χ4v) is 4.48. The lowest BCUT2D eigenvalue weighted by atomic mass is 9.97. The highest BCUT2D eigenvalue weighted by Crippen LogP contribution is 2.27. The minimum Gasteiger partial charge on any atom is -0.293 e. The number of carbonyl (C=O) groups excluding carboxylic acids is 1. The number of hydrogen-bond donors (Lipinski definition) is 0. The van der Waals surface area contributed by atoms with Crippen LogP contribution < -0.4 is 5.56 Å². The number of rotatable bonds is 4. The maximum Gasteiger partial charge on any atom is 0.271 e. The van der Waals surface area contributed by atoms with E-state index in [1.54, 1.807) is 7.05 Å². The first-order valence-electron chi connectivity index (χ1n) is 8.02. The number of ketones is 1. The second-order valence-electron chi connectivity index (χ2n) is 6.27. The predicted octanol–water partition coefficient (Wildman–Crippen LogP) is 4.28. The van der Waals surface area contributed by atoms with Gasteiger partial charge in [0.15, 0.2) is 10.9 Å². The van der Waals surface area contributed by atoms with Gasteiger partial charge in [-0.1, -0.05) is 17.8 Å². The van der Waals surface area contributed by atoms with Crippen molar-refractivity contribution in [2.24, 2.45) is 7.05 Å². The van der Waals surface area contributed by atoms with Crippen LogP contribution in [0.25, 0.3) is 10.2 Å². The molecule has 0 saturated heterocycles. The highest BCUT2D eigenvalue weighted by atomic mass is 32.2. The molecule has 1 atom stereocenters. The van der Waals surface area contributed by atoms with Gasteiger partial charge < -0.3 is 0 Å². The van der Waals surface area contributed by atoms with Crippen molar-refractivity contribution < 1.29 is 4.79 Å². The van der Waals surface area contributed by atoms with Gasteiger partial charge in [0, 0.05) is 12.6 Å². The van der Waals surface area contributed by atoms with Crippen molar-refractivity contribution in [1.29, 1.82) is 0 Å². The number of thiophene rings is 1. The third-order valence-corrected chi connectivity index (χ3v) is 6.44. The lowest BCUT2D eigenvalue weighted by Gasteiger charge is -2.15. The highest BCUT2D eigenvalue weighted by molar-refractivity contribution is 8.00. The molecule has 0 saturated carbocycles. The third-order valence-electron chi connectivity index (χ3n) is 4.40. The molecule has 2 heterocycles. The molecule has 0 aliphatic rings. The Labute approximate surface area is 154 Å². The summed E-state index contributed by atoms with van der Waals surface area (Å²) in [5.41, 5.74) is 4.64. The van der Waals surface area contributed by atoms with Crippen LogP contribution in [-0.4, -0.2) is 20.6 Å². The van der Waals surface area contributed by atoms with Crippen LogP contribution in [0.5, 0.6) is 0 Å². The number of aromatic nitrogens is 2. The summed E-state index contributed by atoms with van der Waals surface area (Å²) in [5, 5.41) is 2.11. The fourth-order valence-electron chi connectivity index (χ4n) is 2.73. The molecule has 0 N–H and O–H groups in total. The van der Waals surface area contributed by atoms with Crippen LogP contribution >= 0.6 is 23.1 Å². The van der Waals surface area contributed by atoms with Crippen molar-refractivity contribution in [3.05, 3.63) is 56.2 Å². The first kappa shape index (κ1) is 17.9. The van der Waals surface area contributed by atoms with Crippen LogP contribution in [0, 0.1) is 20.8 Å². The Hall–Kier alpha value is -1.92. The van der Waals surface area contributed by atoms with E-state index < -0.39 is 0 Å². The smallest absolute Gasteiger partial charge is 0.271 e. The van der Waals surface area contributed by atoms with Gasteiger partial charge in [0.1, 0.15) is 4.70 Å². The molecule has 0 fully saturated rings. The molecule has 25 heavy (non-hydrogen) atoms. The van der Waals surface area contributed by atoms with E-state index in [4.69, 9.17) is 0 Å². The van der Waals surface area contributed by atoms with Crippen molar-refractivity contribution in [3.8, 4) is 0 Å². The molecule has 0 radical (unpaired) electrons. The molecule has 1 aromatic carbocycles. The molecule has 3 rings (SSSR count). The van der Waals surface area contributed by atoms with Crippen LogP contribution in [0.3, 0.4) is 0 Å². The number of nitrogens with zero attached hydrogens (tertiary/aromatic N) is 2. The van der Waals surface area contributed by atoms with E-state index in [1.807, 2.05) is 51.3 Å². The van der Waals surface area contributed by atoms with Crippen molar-refractivity contribution in [2.45, 2.75) is 38.1 Å². The molecule has 0 aliphatic carbocycles. The summed E-state index contributed by atoms with van der Waals surface area (Å²) in [6.45, 7) is 7.89. The van der Waals surface area contributed by atoms with Gasteiger partial charge in [0.2, 0.25) is 0 Å². The Kier molecular flexibility index (Phi) is 4.84. The fraction of sp³-hybridized carbons (Fsp3) is 0.316. The van der Waals surface area contributed by atoms with Gasteiger partial charge in [0.25, 0.3) is 5.56 Å². The van der Waals surface area contributed by atoms with Crippen molar-refractivity contribution >= 4 is 39.1 Å². The Morgan fingerprint density at radius 2 is 1.88 bits per heavy atom. The van der Waals surface area contributed by atoms with Crippen molar-refractivity contribution in [2.75, 3.05) is 0 Å². The Bertz CT molecular complexity index is 1030. The lowest BCUT2D eigenvalue weighted by molar-refractivity contribution is 0.0993. The molecule has 130 valence electrons. The monoisotopic (exact) mass is 372 g/mol. The molecule has 0 bridgehead atoms. The Morgan fingerprint density at radius 1 is 1.20 bits per heavy atom. The maximum absolute atomic E-state index is 12.9. The predicted molar refractivity (Wildman–Crippen MR) is 105 cm³/mol. The molecular weight excluding hydrogens is 352 g/mol. The normalized spacial score (nSPS) is 12.5. The standard InChI is InChI=1S/C19H20N2O2S2/c1-10-8-12(3)14(9-11(10)2)16(22)13(4)25-19-20-15-6-7-24-17(15)18(23)21(19)5/h6-9,13H,1-5H3. The van der Waals surface area contributed by atoms with Gasteiger partial charge in [-0.3, -0.25) is 14.2 Å². The number of fused-ring (bicyclic) bond motifs is 1. The van der Waals surface area contributed by atoms with Gasteiger partial charge in [-0.2, -0.15) is 0 Å². The van der Waals surface area contributed by atoms with E-state index >= 15 is 0 Å². The summed E-state index contributed by atoms with van der Waals surface area (Å²) in [7, 11) is 1.70. The van der Waals surface area contributed by atoms with E-state index in [2.05, 4.69) is 4.98 Å². The summed E-state index contributed by atoms with van der Waals surface area (Å²) in [5.74, 6) is 0.0604. The summed E-state index contributed by atoms with van der Waals surface area (Å²) in [4.78, 5) is 29.9. The first-order chi connectivity index (χ1) is 11.8. The van der Waals surface area contributed by atoms with E-state index in [0.717, 1.165) is 16.7 Å². The summed E-state index contributed by atoms with van der Waals surface area (Å²) in [6.07, 6.45) is 0. The van der Waals surface area contributed by atoms with Crippen LogP contribution in [0.2, 0.25) is 0 Å². The number of carbonyl (C=O) groups is 1. The minimum atomic E-state index is -0.324. The quantitative estimate of drug-likeness (QED) is 0.390. The van der Waals surface area contributed by atoms with Crippen LogP contribution in [0.15, 0.2) is 33.5 Å². The largest absolute Gasteiger partial charge is 0.293 e. The molecule has 1 unspecified atom stereocenters. The van der Waals surface area contributed by atoms with Gasteiger partial charge in [-0.15, -0.1) is 11.3 Å². The molecule has 6 heteroatoms. The van der Waals surface area contributed by atoms with Gasteiger partial charge in [0.05, 0.1) is 10.8 Å².